The first kappa shape index (κ1) is 22.6. The van der Waals surface area contributed by atoms with Gasteiger partial charge in [0.1, 0.15) is 5.75 Å². The zero-order chi connectivity index (χ0) is 23.4. The molecule has 168 valence electrons. The first-order chi connectivity index (χ1) is 15.9. The third-order valence-corrected chi connectivity index (χ3v) is 5.80. The zero-order valence-electron chi connectivity index (χ0n) is 18.6. The molecule has 0 spiro atoms. The molecule has 0 saturated carbocycles. The van der Waals surface area contributed by atoms with Gasteiger partial charge in [-0.3, -0.25) is 9.59 Å². The monoisotopic (exact) mass is 460 g/mol. The molecule has 0 fully saturated rings. The van der Waals surface area contributed by atoms with Crippen LogP contribution in [0.5, 0.6) is 5.75 Å². The van der Waals surface area contributed by atoms with Crippen LogP contribution in [0.2, 0.25) is 5.02 Å². The first-order valence-corrected chi connectivity index (χ1v) is 11.2. The maximum atomic E-state index is 13.5. The number of ether oxygens (including phenoxy) is 1. The number of aryl methyl sites for hydroxylation is 1. The number of rotatable bonds is 7. The summed E-state index contributed by atoms with van der Waals surface area (Å²) in [6.07, 6.45) is 0. The number of nitrogens with one attached hydrogen (secondary N) is 1. The number of hydrogen-bond donors (Lipinski definition) is 1. The lowest BCUT2D eigenvalue weighted by Gasteiger charge is -2.24. The molecule has 3 aromatic carbocycles. The van der Waals surface area contributed by atoms with Crippen molar-refractivity contribution < 1.29 is 9.53 Å². The molecule has 5 nitrogen and oxygen atoms in total. The molecule has 0 aliphatic heterocycles. The highest BCUT2D eigenvalue weighted by Crippen LogP contribution is 2.22. The van der Waals surface area contributed by atoms with Crippen LogP contribution < -0.4 is 10.3 Å². The van der Waals surface area contributed by atoms with E-state index in [-0.39, 0.29) is 24.6 Å². The van der Waals surface area contributed by atoms with Crippen molar-refractivity contribution in [3.8, 4) is 5.75 Å². The predicted molar refractivity (Wildman–Crippen MR) is 132 cm³/mol. The molecule has 0 saturated heterocycles. The van der Waals surface area contributed by atoms with E-state index in [9.17, 15) is 9.59 Å². The number of halogens is 1. The lowest BCUT2D eigenvalue weighted by Crippen LogP contribution is -2.32. The van der Waals surface area contributed by atoms with Crippen LogP contribution in [0.1, 0.15) is 34.0 Å². The molecular weight excluding hydrogens is 436 g/mol. The van der Waals surface area contributed by atoms with E-state index in [1.54, 1.807) is 17.0 Å². The van der Waals surface area contributed by atoms with Crippen LogP contribution in [0.3, 0.4) is 0 Å². The molecule has 1 N–H and O–H groups in total. The molecule has 0 bridgehead atoms. The minimum Gasteiger partial charge on any atom is -0.494 e. The molecule has 0 aliphatic rings. The number of aromatic amines is 1. The SMILES string of the molecule is CCOc1ccc2[nH]c(=O)c(CN(Cc3ccccc3Cl)C(=O)c3cccc(C)c3)cc2c1. The fourth-order valence-electron chi connectivity index (χ4n) is 3.80. The highest BCUT2D eigenvalue weighted by Gasteiger charge is 2.20. The third-order valence-electron chi connectivity index (χ3n) is 5.44. The highest BCUT2D eigenvalue weighted by atomic mass is 35.5. The summed E-state index contributed by atoms with van der Waals surface area (Å²) in [6.45, 7) is 4.84. The van der Waals surface area contributed by atoms with Crippen molar-refractivity contribution >= 4 is 28.4 Å². The molecule has 1 aromatic heterocycles. The van der Waals surface area contributed by atoms with Gasteiger partial charge in [0.05, 0.1) is 13.2 Å². The molecule has 1 amide bonds. The molecule has 0 atom stereocenters. The van der Waals surface area contributed by atoms with Crippen molar-refractivity contribution in [2.24, 2.45) is 0 Å². The van der Waals surface area contributed by atoms with E-state index < -0.39 is 0 Å². The van der Waals surface area contributed by atoms with Crippen LogP contribution in [0, 0.1) is 6.92 Å². The van der Waals surface area contributed by atoms with Gasteiger partial charge in [0, 0.05) is 33.6 Å². The van der Waals surface area contributed by atoms with E-state index >= 15 is 0 Å². The van der Waals surface area contributed by atoms with E-state index in [4.69, 9.17) is 16.3 Å². The Balaban J connectivity index is 1.73. The standard InChI is InChI=1S/C27H25ClN2O3/c1-3-33-23-11-12-25-21(15-23)14-22(26(31)29-25)17-30(16-20-8-4-5-10-24(20)28)27(32)19-9-6-7-18(2)13-19/h4-15H,3,16-17H2,1-2H3,(H,29,31). The fourth-order valence-corrected chi connectivity index (χ4v) is 4.00. The average Bonchev–Trinajstić information content (AvgIpc) is 2.80. The Morgan fingerprint density at radius 2 is 1.76 bits per heavy atom. The summed E-state index contributed by atoms with van der Waals surface area (Å²) in [5, 5.41) is 1.42. The Kier molecular flexibility index (Phi) is 6.80. The van der Waals surface area contributed by atoms with Gasteiger partial charge < -0.3 is 14.6 Å². The third kappa shape index (κ3) is 5.26. The second-order valence-corrected chi connectivity index (χ2v) is 8.34. The number of benzene rings is 3. The molecule has 6 heteroatoms. The van der Waals surface area contributed by atoms with Crippen molar-refractivity contribution in [1.29, 1.82) is 0 Å². The minimum absolute atomic E-state index is 0.141. The van der Waals surface area contributed by atoms with Crippen LogP contribution in [-0.4, -0.2) is 22.4 Å². The van der Waals surface area contributed by atoms with Crippen LogP contribution in [0.25, 0.3) is 10.9 Å². The van der Waals surface area contributed by atoms with E-state index in [1.807, 2.05) is 74.5 Å². The van der Waals surface area contributed by atoms with Gasteiger partial charge in [-0.15, -0.1) is 0 Å². The number of carbonyl (C=O) groups is 1. The minimum atomic E-state index is -0.229. The van der Waals surface area contributed by atoms with E-state index in [1.165, 1.54) is 0 Å². The summed E-state index contributed by atoms with van der Waals surface area (Å²) in [6, 6.07) is 22.2. The average molecular weight is 461 g/mol. The molecule has 0 unspecified atom stereocenters. The number of aromatic nitrogens is 1. The van der Waals surface area contributed by atoms with Crippen LogP contribution in [0.4, 0.5) is 0 Å². The first-order valence-electron chi connectivity index (χ1n) is 10.8. The smallest absolute Gasteiger partial charge is 0.254 e. The number of nitrogens with zero attached hydrogens (tertiary/aromatic N) is 1. The van der Waals surface area contributed by atoms with Crippen molar-refractivity contribution in [2.75, 3.05) is 6.61 Å². The summed E-state index contributed by atoms with van der Waals surface area (Å²) in [4.78, 5) is 30.9. The maximum Gasteiger partial charge on any atom is 0.254 e. The largest absolute Gasteiger partial charge is 0.494 e. The second kappa shape index (κ2) is 9.92. The molecular formula is C27H25ClN2O3. The summed E-state index contributed by atoms with van der Waals surface area (Å²) in [7, 11) is 0. The highest BCUT2D eigenvalue weighted by molar-refractivity contribution is 6.31. The number of fused-ring (bicyclic) bond motifs is 1. The second-order valence-electron chi connectivity index (χ2n) is 7.93. The van der Waals surface area contributed by atoms with Crippen molar-refractivity contribution in [2.45, 2.75) is 26.9 Å². The van der Waals surface area contributed by atoms with Crippen LogP contribution in [0.15, 0.2) is 77.6 Å². The number of pyridine rings is 1. The van der Waals surface area contributed by atoms with Crippen molar-refractivity contribution in [3.63, 3.8) is 0 Å². The van der Waals surface area contributed by atoms with Crippen LogP contribution in [-0.2, 0) is 13.1 Å². The fraction of sp³-hybridized carbons (Fsp3) is 0.185. The summed E-state index contributed by atoms with van der Waals surface area (Å²) in [5.41, 5.74) is 3.35. The summed E-state index contributed by atoms with van der Waals surface area (Å²) >= 11 is 6.38. The van der Waals surface area contributed by atoms with Crippen molar-refractivity contribution in [1.82, 2.24) is 9.88 Å². The molecule has 4 aromatic rings. The Bertz CT molecular complexity index is 1360. The topological polar surface area (TPSA) is 62.4 Å². The zero-order valence-corrected chi connectivity index (χ0v) is 19.4. The summed E-state index contributed by atoms with van der Waals surface area (Å²) < 4.78 is 5.59. The quantitative estimate of drug-likeness (QED) is 0.383. The summed E-state index contributed by atoms with van der Waals surface area (Å²) in [5.74, 6) is 0.563. The van der Waals surface area contributed by atoms with Gasteiger partial charge in [0.2, 0.25) is 0 Å². The van der Waals surface area contributed by atoms with E-state index in [2.05, 4.69) is 4.98 Å². The van der Waals surface area contributed by atoms with Gasteiger partial charge in [-0.1, -0.05) is 47.5 Å². The normalized spacial score (nSPS) is 10.9. The van der Waals surface area contributed by atoms with E-state index in [0.29, 0.717) is 22.8 Å². The Morgan fingerprint density at radius 1 is 0.970 bits per heavy atom. The Labute approximate surface area is 197 Å². The number of carbonyl (C=O) groups excluding carboxylic acids is 1. The van der Waals surface area contributed by atoms with Gasteiger partial charge in [-0.05, 0) is 61.9 Å². The maximum absolute atomic E-state index is 13.5. The van der Waals surface area contributed by atoms with Gasteiger partial charge in [0.25, 0.3) is 11.5 Å². The molecule has 0 aliphatic carbocycles. The van der Waals surface area contributed by atoms with E-state index in [0.717, 1.165) is 27.8 Å². The van der Waals surface area contributed by atoms with Gasteiger partial charge in [-0.25, -0.2) is 0 Å². The number of hydrogen-bond acceptors (Lipinski definition) is 3. The number of H-pyrrole nitrogens is 1. The van der Waals surface area contributed by atoms with Crippen molar-refractivity contribution in [3.05, 3.63) is 110 Å². The lowest BCUT2D eigenvalue weighted by molar-refractivity contribution is 0.0729. The van der Waals surface area contributed by atoms with Gasteiger partial charge in [0.15, 0.2) is 0 Å². The number of amides is 1. The lowest BCUT2D eigenvalue weighted by atomic mass is 10.1. The Morgan fingerprint density at radius 3 is 2.52 bits per heavy atom. The predicted octanol–water partition coefficient (Wildman–Crippen LogP) is 5.73. The van der Waals surface area contributed by atoms with Crippen LogP contribution >= 0.6 is 11.6 Å². The molecule has 4 rings (SSSR count). The molecule has 0 radical (unpaired) electrons. The molecule has 33 heavy (non-hydrogen) atoms. The van der Waals surface area contributed by atoms with Gasteiger partial charge in [-0.2, -0.15) is 0 Å². The Hall–Kier alpha value is -3.57. The van der Waals surface area contributed by atoms with Gasteiger partial charge >= 0.3 is 0 Å². The molecule has 1 heterocycles.